The van der Waals surface area contributed by atoms with E-state index in [2.05, 4.69) is 67.1 Å². The lowest BCUT2D eigenvalue weighted by Crippen LogP contribution is -2.32. The van der Waals surface area contributed by atoms with Crippen molar-refractivity contribution < 1.29 is 4.79 Å². The zero-order valence-electron chi connectivity index (χ0n) is 16.5. The smallest absolute Gasteiger partial charge is 0.223 e. The zero-order valence-corrected chi connectivity index (χ0v) is 16.5. The summed E-state index contributed by atoms with van der Waals surface area (Å²) >= 11 is 0. The third-order valence-electron chi connectivity index (χ3n) is 5.16. The molecule has 0 aliphatic carbocycles. The highest BCUT2D eigenvalue weighted by atomic mass is 16.1. The predicted octanol–water partition coefficient (Wildman–Crippen LogP) is 4.49. The Morgan fingerprint density at radius 1 is 1.11 bits per heavy atom. The molecule has 3 aromatic rings. The molecule has 4 heteroatoms. The average Bonchev–Trinajstić information content (AvgIpc) is 3.00. The minimum Gasteiger partial charge on any atom is -0.355 e. The Morgan fingerprint density at radius 3 is 2.63 bits per heavy atom. The van der Waals surface area contributed by atoms with Gasteiger partial charge in [-0.15, -0.1) is 0 Å². The van der Waals surface area contributed by atoms with E-state index >= 15 is 0 Å². The summed E-state index contributed by atoms with van der Waals surface area (Å²) in [5.41, 5.74) is 4.67. The van der Waals surface area contributed by atoms with E-state index in [1.807, 2.05) is 12.1 Å². The second kappa shape index (κ2) is 8.85. The number of aryl methyl sites for hydroxylation is 1. The van der Waals surface area contributed by atoms with E-state index in [4.69, 9.17) is 4.98 Å². The van der Waals surface area contributed by atoms with Crippen LogP contribution in [-0.2, 0) is 17.8 Å². The highest BCUT2D eigenvalue weighted by molar-refractivity contribution is 5.78. The largest absolute Gasteiger partial charge is 0.355 e. The molecule has 0 radical (unpaired) electrons. The van der Waals surface area contributed by atoms with Crippen LogP contribution >= 0.6 is 0 Å². The lowest BCUT2D eigenvalue weighted by Gasteiger charge is -2.13. The Labute approximate surface area is 161 Å². The van der Waals surface area contributed by atoms with E-state index in [9.17, 15) is 4.79 Å². The minimum absolute atomic E-state index is 0.108. The third-order valence-corrected chi connectivity index (χ3v) is 5.16. The monoisotopic (exact) mass is 363 g/mol. The molecule has 0 aliphatic rings. The van der Waals surface area contributed by atoms with Gasteiger partial charge in [0.1, 0.15) is 5.82 Å². The number of nitrogens with zero attached hydrogens (tertiary/aromatic N) is 2. The summed E-state index contributed by atoms with van der Waals surface area (Å²) in [6.07, 6.45) is 2.49. The first-order valence-electron chi connectivity index (χ1n) is 9.89. The third kappa shape index (κ3) is 4.57. The van der Waals surface area contributed by atoms with E-state index in [0.29, 0.717) is 6.54 Å². The number of aromatic nitrogens is 2. The number of hydrogen-bond acceptors (Lipinski definition) is 2. The molecule has 4 nitrogen and oxygen atoms in total. The van der Waals surface area contributed by atoms with Gasteiger partial charge in [-0.1, -0.05) is 55.8 Å². The highest BCUT2D eigenvalue weighted by Gasteiger charge is 2.15. The summed E-state index contributed by atoms with van der Waals surface area (Å²) < 4.78 is 2.27. The van der Waals surface area contributed by atoms with Gasteiger partial charge in [-0.05, 0) is 37.5 Å². The molecular weight excluding hydrogens is 334 g/mol. The number of carbonyl (C=O) groups excluding carboxylic acids is 1. The normalized spacial score (nSPS) is 11.3. The maximum absolute atomic E-state index is 12.2. The van der Waals surface area contributed by atoms with Crippen LogP contribution in [0.1, 0.15) is 43.6 Å². The summed E-state index contributed by atoms with van der Waals surface area (Å²) in [4.78, 5) is 17.1. The summed E-state index contributed by atoms with van der Waals surface area (Å²) in [5.74, 6) is 1.28. The Balaban J connectivity index is 1.79. The molecule has 0 spiro atoms. The van der Waals surface area contributed by atoms with Gasteiger partial charge in [-0.25, -0.2) is 4.98 Å². The molecule has 0 aliphatic heterocycles. The first-order chi connectivity index (χ1) is 13.1. The predicted molar refractivity (Wildman–Crippen MR) is 111 cm³/mol. The molecule has 1 amide bonds. The summed E-state index contributed by atoms with van der Waals surface area (Å²) in [6.45, 7) is 7.65. The Morgan fingerprint density at radius 2 is 1.89 bits per heavy atom. The molecule has 0 unspecified atom stereocenters. The van der Waals surface area contributed by atoms with Gasteiger partial charge in [0.05, 0.1) is 11.0 Å². The first kappa shape index (κ1) is 19.2. The fraction of sp³-hybridized carbons (Fsp3) is 0.391. The SMILES string of the molecule is CCC(CC)C(=O)NCCc1nc2ccccc2n1Cc1cccc(C)c1. The van der Waals surface area contributed by atoms with Crippen LogP contribution in [0, 0.1) is 12.8 Å². The number of benzene rings is 2. The molecule has 0 fully saturated rings. The van der Waals surface area contributed by atoms with E-state index in [1.54, 1.807) is 0 Å². The molecule has 3 rings (SSSR count). The van der Waals surface area contributed by atoms with Crippen molar-refractivity contribution >= 4 is 16.9 Å². The molecule has 0 bridgehead atoms. The number of amides is 1. The standard InChI is InChI=1S/C23H29N3O/c1-4-19(5-2)23(27)24-14-13-22-25-20-11-6-7-12-21(20)26(22)16-18-10-8-9-17(3)15-18/h6-12,15,19H,4-5,13-14,16H2,1-3H3,(H,24,27). The van der Waals surface area contributed by atoms with Crippen LogP contribution in [0.15, 0.2) is 48.5 Å². The van der Waals surface area contributed by atoms with Crippen LogP contribution in [0.25, 0.3) is 11.0 Å². The quantitative estimate of drug-likeness (QED) is 0.641. The molecule has 2 aromatic carbocycles. The van der Waals surface area contributed by atoms with Gasteiger partial charge in [0, 0.05) is 25.4 Å². The number of hydrogen-bond donors (Lipinski definition) is 1. The molecule has 27 heavy (non-hydrogen) atoms. The van der Waals surface area contributed by atoms with Crippen molar-refractivity contribution in [2.24, 2.45) is 5.92 Å². The first-order valence-corrected chi connectivity index (χ1v) is 9.89. The molecule has 1 aromatic heterocycles. The number of para-hydroxylation sites is 2. The second-order valence-corrected chi connectivity index (χ2v) is 7.15. The van der Waals surface area contributed by atoms with Crippen molar-refractivity contribution in [2.45, 2.75) is 46.6 Å². The van der Waals surface area contributed by atoms with Crippen LogP contribution in [0.2, 0.25) is 0 Å². The lowest BCUT2D eigenvalue weighted by molar-refractivity contribution is -0.125. The van der Waals surface area contributed by atoms with Crippen molar-refractivity contribution in [3.8, 4) is 0 Å². The van der Waals surface area contributed by atoms with E-state index in [0.717, 1.165) is 42.7 Å². The number of nitrogens with one attached hydrogen (secondary N) is 1. The molecule has 0 atom stereocenters. The number of rotatable bonds is 8. The van der Waals surface area contributed by atoms with Gasteiger partial charge in [0.25, 0.3) is 0 Å². The van der Waals surface area contributed by atoms with Gasteiger partial charge in [0.2, 0.25) is 5.91 Å². The van der Waals surface area contributed by atoms with Crippen LogP contribution in [0.4, 0.5) is 0 Å². The van der Waals surface area contributed by atoms with E-state index in [1.165, 1.54) is 11.1 Å². The molecule has 1 N–H and O–H groups in total. The lowest BCUT2D eigenvalue weighted by atomic mass is 10.0. The molecular formula is C23H29N3O. The highest BCUT2D eigenvalue weighted by Crippen LogP contribution is 2.19. The Bertz CT molecular complexity index is 909. The second-order valence-electron chi connectivity index (χ2n) is 7.15. The van der Waals surface area contributed by atoms with Crippen LogP contribution in [0.5, 0.6) is 0 Å². The van der Waals surface area contributed by atoms with Crippen molar-refractivity contribution in [1.29, 1.82) is 0 Å². The summed E-state index contributed by atoms with van der Waals surface area (Å²) in [5, 5.41) is 3.09. The van der Waals surface area contributed by atoms with Crippen LogP contribution < -0.4 is 5.32 Å². The molecule has 1 heterocycles. The Kier molecular flexibility index (Phi) is 6.28. The average molecular weight is 364 g/mol. The van der Waals surface area contributed by atoms with Crippen molar-refractivity contribution in [1.82, 2.24) is 14.9 Å². The zero-order chi connectivity index (χ0) is 19.2. The number of fused-ring (bicyclic) bond motifs is 1. The molecule has 142 valence electrons. The maximum atomic E-state index is 12.2. The van der Waals surface area contributed by atoms with Crippen molar-refractivity contribution in [3.63, 3.8) is 0 Å². The van der Waals surface area contributed by atoms with Crippen molar-refractivity contribution in [2.75, 3.05) is 6.54 Å². The molecule has 0 saturated carbocycles. The van der Waals surface area contributed by atoms with Gasteiger partial charge in [0.15, 0.2) is 0 Å². The summed E-state index contributed by atoms with van der Waals surface area (Å²) in [7, 11) is 0. The Hall–Kier alpha value is -2.62. The van der Waals surface area contributed by atoms with Crippen LogP contribution in [0.3, 0.4) is 0 Å². The number of carbonyl (C=O) groups is 1. The molecule has 0 saturated heterocycles. The van der Waals surface area contributed by atoms with Gasteiger partial charge in [-0.2, -0.15) is 0 Å². The summed E-state index contributed by atoms with van der Waals surface area (Å²) in [6, 6.07) is 16.8. The van der Waals surface area contributed by atoms with E-state index in [-0.39, 0.29) is 11.8 Å². The fourth-order valence-corrected chi connectivity index (χ4v) is 3.59. The van der Waals surface area contributed by atoms with Gasteiger partial charge < -0.3 is 9.88 Å². The van der Waals surface area contributed by atoms with Gasteiger partial charge >= 0.3 is 0 Å². The number of imidazole rings is 1. The minimum atomic E-state index is 0.108. The van der Waals surface area contributed by atoms with Crippen molar-refractivity contribution in [3.05, 3.63) is 65.5 Å². The maximum Gasteiger partial charge on any atom is 0.223 e. The van der Waals surface area contributed by atoms with E-state index < -0.39 is 0 Å². The van der Waals surface area contributed by atoms with Crippen LogP contribution in [-0.4, -0.2) is 22.0 Å². The topological polar surface area (TPSA) is 46.9 Å². The van der Waals surface area contributed by atoms with Gasteiger partial charge in [-0.3, -0.25) is 4.79 Å². The fourth-order valence-electron chi connectivity index (χ4n) is 3.59.